The van der Waals surface area contributed by atoms with Crippen LogP contribution >= 0.6 is 7.82 Å². The SMILES string of the molecule is O=C(O)CC(=O)Oc1ccccc1.O=C(O)CC(=O)Oc1ccccc1.O=P([O-])(O)O.[Li+]. The molecule has 0 aliphatic carbocycles. The van der Waals surface area contributed by atoms with Crippen LogP contribution in [0.15, 0.2) is 60.7 Å². The van der Waals surface area contributed by atoms with Crippen molar-refractivity contribution in [2.75, 3.05) is 0 Å². The first kappa shape index (κ1) is 31.2. The van der Waals surface area contributed by atoms with E-state index in [1.165, 1.54) is 0 Å². The second-order valence-electron chi connectivity index (χ2n) is 5.21. The third-order valence-electron chi connectivity index (χ3n) is 2.54. The summed E-state index contributed by atoms with van der Waals surface area (Å²) in [6.45, 7) is 0. The number of carboxylic acids is 2. The first-order valence-corrected chi connectivity index (χ1v) is 9.61. The molecular weight excluding hydrogens is 446 g/mol. The molecule has 0 spiro atoms. The number of hydrogen-bond donors (Lipinski definition) is 4. The molecule has 0 aliphatic rings. The topological polar surface area (TPSA) is 208 Å². The maximum absolute atomic E-state index is 10.8. The molecule has 0 aliphatic heterocycles. The number of carbonyl (C=O) groups is 4. The molecule has 0 unspecified atom stereocenters. The summed E-state index contributed by atoms with van der Waals surface area (Å²) in [6.07, 6.45) is -1.23. The van der Waals surface area contributed by atoms with Crippen molar-refractivity contribution in [3.63, 3.8) is 0 Å². The quantitative estimate of drug-likeness (QED) is 0.116. The van der Waals surface area contributed by atoms with Crippen LogP contribution in [0.1, 0.15) is 12.8 Å². The van der Waals surface area contributed by atoms with Crippen molar-refractivity contribution in [2.45, 2.75) is 12.8 Å². The van der Waals surface area contributed by atoms with Gasteiger partial charge in [-0.25, -0.2) is 0 Å². The van der Waals surface area contributed by atoms with Crippen LogP contribution in [0.2, 0.25) is 0 Å². The molecule has 0 saturated heterocycles. The summed E-state index contributed by atoms with van der Waals surface area (Å²) in [5.74, 6) is -3.21. The summed E-state index contributed by atoms with van der Waals surface area (Å²) in [6, 6.07) is 16.7. The summed E-state index contributed by atoms with van der Waals surface area (Å²) >= 11 is 0. The van der Waals surface area contributed by atoms with Crippen LogP contribution in [0.3, 0.4) is 0 Å². The van der Waals surface area contributed by atoms with Gasteiger partial charge in [-0.2, -0.15) is 0 Å². The van der Waals surface area contributed by atoms with E-state index in [4.69, 9.17) is 38.9 Å². The molecule has 0 bridgehead atoms. The Labute approximate surface area is 193 Å². The first-order chi connectivity index (χ1) is 14.4. The van der Waals surface area contributed by atoms with Crippen molar-refractivity contribution in [3.05, 3.63) is 60.7 Å². The number of ether oxygens (including phenoxy) is 2. The van der Waals surface area contributed by atoms with Gasteiger partial charge in [0.1, 0.15) is 24.3 Å². The van der Waals surface area contributed by atoms with E-state index in [9.17, 15) is 19.2 Å². The molecule has 0 aromatic heterocycles. The van der Waals surface area contributed by atoms with Gasteiger partial charge in [0.05, 0.1) is 0 Å². The molecule has 2 rings (SSSR count). The minimum absolute atomic E-state index is 0. The second-order valence-corrected chi connectivity index (χ2v) is 6.19. The van der Waals surface area contributed by atoms with Crippen LogP contribution in [-0.4, -0.2) is 43.9 Å². The molecule has 0 radical (unpaired) electrons. The molecule has 0 atom stereocenters. The van der Waals surface area contributed by atoms with Gasteiger partial charge in [-0.1, -0.05) is 36.4 Å². The number of rotatable bonds is 6. The van der Waals surface area contributed by atoms with Gasteiger partial charge in [0, 0.05) is 0 Å². The Morgan fingerprint density at radius 1 is 0.719 bits per heavy atom. The van der Waals surface area contributed by atoms with Crippen molar-refractivity contribution in [1.82, 2.24) is 0 Å². The molecule has 0 saturated carbocycles. The van der Waals surface area contributed by atoms with Gasteiger partial charge in [-0.15, -0.1) is 0 Å². The molecule has 0 amide bonds. The summed E-state index contributed by atoms with van der Waals surface area (Å²) < 4.78 is 18.2. The molecule has 32 heavy (non-hydrogen) atoms. The number of phosphoric acid groups is 1. The van der Waals surface area contributed by atoms with Gasteiger partial charge in [-0.3, -0.25) is 23.7 Å². The summed E-state index contributed by atoms with van der Waals surface area (Å²) in [5.41, 5.74) is 0. The van der Waals surface area contributed by atoms with E-state index < -0.39 is 44.5 Å². The summed E-state index contributed by atoms with van der Waals surface area (Å²) in [5, 5.41) is 16.5. The van der Waals surface area contributed by atoms with E-state index in [-0.39, 0.29) is 18.9 Å². The van der Waals surface area contributed by atoms with Crippen molar-refractivity contribution < 1.29 is 77.0 Å². The summed E-state index contributed by atoms with van der Waals surface area (Å²) in [7, 11) is -4.89. The monoisotopic (exact) mass is 464 g/mol. The first-order valence-electron chi connectivity index (χ1n) is 8.08. The minimum atomic E-state index is -4.89. The smallest absolute Gasteiger partial charge is 0.756 e. The van der Waals surface area contributed by atoms with Gasteiger partial charge in [0.25, 0.3) is 7.82 Å². The van der Waals surface area contributed by atoms with Gasteiger partial charge in [0.15, 0.2) is 0 Å². The molecule has 2 aromatic carbocycles. The zero-order valence-corrected chi connectivity index (χ0v) is 17.6. The van der Waals surface area contributed by atoms with Crippen molar-refractivity contribution in [3.8, 4) is 11.5 Å². The van der Waals surface area contributed by atoms with E-state index in [0.29, 0.717) is 11.5 Å². The number of esters is 2. The van der Waals surface area contributed by atoms with Crippen molar-refractivity contribution >= 4 is 31.7 Å². The van der Waals surface area contributed by atoms with Crippen LogP contribution in [-0.2, 0) is 23.7 Å². The number of benzene rings is 2. The zero-order valence-electron chi connectivity index (χ0n) is 16.7. The number of aliphatic carboxylic acids is 2. The normalized spacial score (nSPS) is 9.34. The Bertz CT molecular complexity index is 825. The van der Waals surface area contributed by atoms with Crippen LogP contribution in [0.4, 0.5) is 0 Å². The van der Waals surface area contributed by atoms with Crippen LogP contribution in [0.25, 0.3) is 0 Å². The molecule has 168 valence electrons. The predicted octanol–water partition coefficient (Wildman–Crippen LogP) is -2.42. The van der Waals surface area contributed by atoms with E-state index in [1.807, 2.05) is 0 Å². The average Bonchev–Trinajstić information content (AvgIpc) is 2.61. The minimum Gasteiger partial charge on any atom is -0.756 e. The van der Waals surface area contributed by atoms with E-state index in [0.717, 1.165) is 0 Å². The molecule has 14 heteroatoms. The number of hydrogen-bond acceptors (Lipinski definition) is 8. The Hall–Kier alpha value is -2.97. The fraction of sp³-hybridized carbons (Fsp3) is 0.111. The standard InChI is InChI=1S/2C9H8O4.Li.H3O4P/c2*10-8(11)6-9(12)13-7-4-2-1-3-5-7;;1-5(2,3)4/h2*1-5H,6H2,(H,10,11);;(H3,1,2,3,4)/q;;+1;/p-1. The number of para-hydroxylation sites is 2. The zero-order chi connectivity index (χ0) is 23.9. The van der Waals surface area contributed by atoms with E-state index in [1.54, 1.807) is 60.7 Å². The third kappa shape index (κ3) is 21.7. The Balaban J connectivity index is 0. The molecular formula is C18H18LiO12P. The molecule has 12 nitrogen and oxygen atoms in total. The maximum atomic E-state index is 10.8. The molecule has 2 aromatic rings. The largest absolute Gasteiger partial charge is 1.00 e. The Morgan fingerprint density at radius 3 is 1.19 bits per heavy atom. The average molecular weight is 464 g/mol. The third-order valence-corrected chi connectivity index (χ3v) is 2.54. The van der Waals surface area contributed by atoms with Gasteiger partial charge in [0.2, 0.25) is 0 Å². The van der Waals surface area contributed by atoms with Gasteiger partial charge in [-0.05, 0) is 24.3 Å². The van der Waals surface area contributed by atoms with Crippen molar-refractivity contribution in [2.24, 2.45) is 0 Å². The van der Waals surface area contributed by atoms with Crippen LogP contribution in [0.5, 0.6) is 11.5 Å². The van der Waals surface area contributed by atoms with Crippen LogP contribution < -0.4 is 33.2 Å². The van der Waals surface area contributed by atoms with E-state index >= 15 is 0 Å². The molecule has 4 N–H and O–H groups in total. The predicted molar refractivity (Wildman–Crippen MR) is 101 cm³/mol. The Morgan fingerprint density at radius 2 is 0.969 bits per heavy atom. The van der Waals surface area contributed by atoms with Gasteiger partial charge >= 0.3 is 42.7 Å². The molecule has 0 fully saturated rings. The summed E-state index contributed by atoms with van der Waals surface area (Å²) in [4.78, 5) is 64.8. The van der Waals surface area contributed by atoms with Crippen LogP contribution in [0, 0.1) is 0 Å². The second kappa shape index (κ2) is 16.7. The maximum Gasteiger partial charge on any atom is 1.00 e. The number of carbonyl (C=O) groups excluding carboxylic acids is 2. The Kier molecular flexibility index (Phi) is 16.3. The van der Waals surface area contributed by atoms with E-state index in [2.05, 4.69) is 0 Å². The van der Waals surface area contributed by atoms with Gasteiger partial charge < -0.3 is 34.4 Å². The fourth-order valence-corrected chi connectivity index (χ4v) is 1.56. The number of carboxylic acid groups (broad SMARTS) is 2. The molecule has 0 heterocycles. The fourth-order valence-electron chi connectivity index (χ4n) is 1.56. The van der Waals surface area contributed by atoms with Crippen molar-refractivity contribution in [1.29, 1.82) is 0 Å².